The van der Waals surface area contributed by atoms with E-state index in [0.717, 1.165) is 47.7 Å². The van der Waals surface area contributed by atoms with Crippen LogP contribution in [0.5, 0.6) is 0 Å². The summed E-state index contributed by atoms with van der Waals surface area (Å²) >= 11 is 0. The Labute approximate surface area is 161 Å². The molecule has 0 unspecified atom stereocenters. The summed E-state index contributed by atoms with van der Waals surface area (Å²) in [5.74, 6) is 2.88. The van der Waals surface area contributed by atoms with Gasteiger partial charge in [0.15, 0.2) is 0 Å². The van der Waals surface area contributed by atoms with E-state index in [-0.39, 0.29) is 0 Å². The Kier molecular flexibility index (Phi) is 5.00. The molecule has 0 saturated heterocycles. The van der Waals surface area contributed by atoms with Crippen molar-refractivity contribution < 1.29 is 0 Å². The molecule has 1 aromatic carbocycles. The lowest BCUT2D eigenvalue weighted by atomic mass is 9.77. The van der Waals surface area contributed by atoms with Gasteiger partial charge >= 0.3 is 0 Å². The van der Waals surface area contributed by atoms with Gasteiger partial charge in [0.05, 0.1) is 24.5 Å². The first-order valence-corrected chi connectivity index (χ1v) is 10.1. The van der Waals surface area contributed by atoms with E-state index >= 15 is 0 Å². The second kappa shape index (κ2) is 7.43. The Bertz CT molecular complexity index is 861. The zero-order valence-corrected chi connectivity index (χ0v) is 16.8. The Hall–Kier alpha value is -2.21. The summed E-state index contributed by atoms with van der Waals surface area (Å²) in [4.78, 5) is 16.4. The molecule has 0 spiro atoms. The number of nitrogens with zero attached hydrogens (tertiary/aromatic N) is 4. The van der Waals surface area contributed by atoms with E-state index in [1.54, 1.807) is 0 Å². The van der Waals surface area contributed by atoms with Gasteiger partial charge in [-0.25, -0.2) is 15.0 Å². The second-order valence-electron chi connectivity index (χ2n) is 8.18. The first-order valence-electron chi connectivity index (χ1n) is 10.1. The maximum Gasteiger partial charge on any atom is 0.230 e. The third kappa shape index (κ3) is 3.76. The van der Waals surface area contributed by atoms with Crippen molar-refractivity contribution in [3.63, 3.8) is 0 Å². The number of hydrogen-bond acceptors (Lipinski definition) is 6. The van der Waals surface area contributed by atoms with Crippen molar-refractivity contribution in [1.82, 2.24) is 20.2 Å². The molecule has 6 heteroatoms. The molecule has 4 rings (SSSR count). The van der Waals surface area contributed by atoms with E-state index in [1.807, 2.05) is 6.92 Å². The largest absolute Gasteiger partial charge is 0.343 e. The van der Waals surface area contributed by atoms with Crippen molar-refractivity contribution >= 4 is 22.8 Å². The van der Waals surface area contributed by atoms with Crippen molar-refractivity contribution in [1.29, 1.82) is 0 Å². The Balaban J connectivity index is 1.46. The molecule has 1 aliphatic carbocycles. The molecule has 27 heavy (non-hydrogen) atoms. The lowest BCUT2D eigenvalue weighted by molar-refractivity contribution is 0.0771. The van der Waals surface area contributed by atoms with Crippen molar-refractivity contribution in [3.8, 4) is 0 Å². The molecule has 3 atom stereocenters. The number of nitrogens with one attached hydrogen (secondary N) is 2. The van der Waals surface area contributed by atoms with Gasteiger partial charge in [-0.1, -0.05) is 38.8 Å². The Morgan fingerprint density at radius 1 is 1.15 bits per heavy atom. The molecule has 2 aliphatic rings. The number of guanidine groups is 1. The van der Waals surface area contributed by atoms with Gasteiger partial charge in [0.1, 0.15) is 0 Å². The van der Waals surface area contributed by atoms with Crippen LogP contribution in [0.2, 0.25) is 0 Å². The number of fused-ring (bicyclic) bond motifs is 1. The molecule has 2 aromatic rings. The van der Waals surface area contributed by atoms with Gasteiger partial charge < -0.3 is 5.32 Å². The minimum atomic E-state index is 0.602. The molecular weight excluding hydrogens is 336 g/mol. The van der Waals surface area contributed by atoms with Gasteiger partial charge in [0, 0.05) is 11.4 Å². The van der Waals surface area contributed by atoms with Crippen molar-refractivity contribution in [3.05, 3.63) is 29.5 Å². The van der Waals surface area contributed by atoms with Crippen LogP contribution in [0.3, 0.4) is 0 Å². The maximum absolute atomic E-state index is 4.71. The monoisotopic (exact) mass is 366 g/mol. The number of rotatable bonds is 2. The standard InChI is InChI=1S/C21H30N6/c1-13-8-9-17-16(4)24-21(25-18(17)10-13)26-20-22-11-27(12-23-20)19-7-5-6-14(2)15(19)3/h8-10,14-15,19H,5-7,11-12H2,1-4H3,(H2,22,23,24,25,26)/t14-,15-,19+/m0/s1. The fourth-order valence-corrected chi connectivity index (χ4v) is 4.38. The molecule has 6 nitrogen and oxygen atoms in total. The minimum absolute atomic E-state index is 0.602. The fraction of sp³-hybridized carbons (Fsp3) is 0.571. The van der Waals surface area contributed by atoms with Crippen molar-refractivity contribution in [2.24, 2.45) is 16.8 Å². The average molecular weight is 367 g/mol. The molecule has 0 radical (unpaired) electrons. The van der Waals surface area contributed by atoms with Crippen LogP contribution < -0.4 is 10.6 Å². The van der Waals surface area contributed by atoms with Crippen molar-refractivity contribution in [2.75, 3.05) is 18.7 Å². The number of anilines is 1. The highest BCUT2D eigenvalue weighted by Gasteiger charge is 2.32. The quantitative estimate of drug-likeness (QED) is 0.849. The fourth-order valence-electron chi connectivity index (χ4n) is 4.38. The first kappa shape index (κ1) is 18.2. The van der Waals surface area contributed by atoms with E-state index in [4.69, 9.17) is 4.99 Å². The molecular formula is C21H30N6. The summed E-state index contributed by atoms with van der Waals surface area (Å²) in [6.45, 7) is 10.4. The SMILES string of the molecule is Cc1ccc2c(C)nc(NC3=NCN([C@@H]4CCC[C@H](C)[C@@H]4C)CN3)nc2c1. The number of hydrogen-bond donors (Lipinski definition) is 2. The summed E-state index contributed by atoms with van der Waals surface area (Å²) in [6.07, 6.45) is 3.95. The second-order valence-corrected chi connectivity index (χ2v) is 8.18. The molecule has 0 amide bonds. The molecule has 1 fully saturated rings. The molecule has 2 N–H and O–H groups in total. The van der Waals surface area contributed by atoms with E-state index in [1.165, 1.54) is 24.8 Å². The van der Waals surface area contributed by atoms with Crippen LogP contribution in [0, 0.1) is 25.7 Å². The predicted molar refractivity (Wildman–Crippen MR) is 111 cm³/mol. The molecule has 1 aliphatic heterocycles. The highest BCUT2D eigenvalue weighted by Crippen LogP contribution is 2.32. The lowest BCUT2D eigenvalue weighted by Gasteiger charge is -2.42. The summed E-state index contributed by atoms with van der Waals surface area (Å²) in [5, 5.41) is 7.77. The van der Waals surface area contributed by atoms with Gasteiger partial charge in [0.2, 0.25) is 11.9 Å². The van der Waals surface area contributed by atoms with Crippen molar-refractivity contribution in [2.45, 2.75) is 53.0 Å². The van der Waals surface area contributed by atoms with Crippen LogP contribution in [-0.4, -0.2) is 40.2 Å². The molecule has 1 aromatic heterocycles. The zero-order chi connectivity index (χ0) is 19.0. The van der Waals surface area contributed by atoms with Gasteiger partial charge in [-0.15, -0.1) is 0 Å². The Morgan fingerprint density at radius 3 is 2.78 bits per heavy atom. The van der Waals surface area contributed by atoms with Crippen LogP contribution >= 0.6 is 0 Å². The molecule has 144 valence electrons. The number of aryl methyl sites for hydroxylation is 2. The Morgan fingerprint density at radius 2 is 2.00 bits per heavy atom. The number of aliphatic imine (C=N–C) groups is 1. The van der Waals surface area contributed by atoms with Gasteiger partial charge in [-0.2, -0.15) is 0 Å². The van der Waals surface area contributed by atoms with Crippen LogP contribution in [-0.2, 0) is 0 Å². The smallest absolute Gasteiger partial charge is 0.230 e. The molecule has 0 bridgehead atoms. The normalized spacial score (nSPS) is 26.5. The maximum atomic E-state index is 4.71. The summed E-state index contributed by atoms with van der Waals surface area (Å²) in [7, 11) is 0. The summed E-state index contributed by atoms with van der Waals surface area (Å²) < 4.78 is 0. The third-order valence-corrected chi connectivity index (χ3v) is 6.27. The highest BCUT2D eigenvalue weighted by molar-refractivity contribution is 5.93. The number of aromatic nitrogens is 2. The lowest BCUT2D eigenvalue weighted by Crippen LogP contribution is -2.53. The predicted octanol–water partition coefficient (Wildman–Crippen LogP) is 3.66. The van der Waals surface area contributed by atoms with Crippen LogP contribution in [0.15, 0.2) is 23.2 Å². The summed E-state index contributed by atoms with van der Waals surface area (Å²) in [6, 6.07) is 6.90. The zero-order valence-electron chi connectivity index (χ0n) is 16.8. The highest BCUT2D eigenvalue weighted by atomic mass is 15.4. The van der Waals surface area contributed by atoms with Crippen LogP contribution in [0.4, 0.5) is 5.95 Å². The van der Waals surface area contributed by atoms with E-state index in [9.17, 15) is 0 Å². The third-order valence-electron chi connectivity index (χ3n) is 6.27. The molecule has 1 saturated carbocycles. The van der Waals surface area contributed by atoms with E-state index in [2.05, 4.69) is 64.5 Å². The molecule has 2 heterocycles. The van der Waals surface area contributed by atoms with E-state index < -0.39 is 0 Å². The van der Waals surface area contributed by atoms with Crippen LogP contribution in [0.1, 0.15) is 44.4 Å². The van der Waals surface area contributed by atoms with Gasteiger partial charge in [0.25, 0.3) is 0 Å². The topological polar surface area (TPSA) is 65.4 Å². The first-order chi connectivity index (χ1) is 13.0. The minimum Gasteiger partial charge on any atom is -0.343 e. The number of benzene rings is 1. The van der Waals surface area contributed by atoms with Gasteiger partial charge in [-0.3, -0.25) is 10.2 Å². The average Bonchev–Trinajstić information content (AvgIpc) is 2.64. The summed E-state index contributed by atoms with van der Waals surface area (Å²) in [5.41, 5.74) is 3.14. The van der Waals surface area contributed by atoms with E-state index in [0.29, 0.717) is 12.0 Å². The van der Waals surface area contributed by atoms with Gasteiger partial charge in [-0.05, 0) is 43.7 Å². The van der Waals surface area contributed by atoms with Crippen LogP contribution in [0.25, 0.3) is 10.9 Å².